The molecule has 0 saturated heterocycles. The van der Waals surface area contributed by atoms with Gasteiger partial charge in [-0.05, 0) is 37.6 Å². The summed E-state index contributed by atoms with van der Waals surface area (Å²) in [5, 5.41) is 8.29. The fourth-order valence-electron chi connectivity index (χ4n) is 3.56. The van der Waals surface area contributed by atoms with Crippen molar-refractivity contribution in [2.75, 3.05) is 0 Å². The van der Waals surface area contributed by atoms with Crippen LogP contribution in [-0.2, 0) is 19.6 Å². The van der Waals surface area contributed by atoms with E-state index in [-0.39, 0.29) is 11.1 Å². The minimum absolute atomic E-state index is 0.280. The Morgan fingerprint density at radius 2 is 1.83 bits per heavy atom. The highest BCUT2D eigenvalue weighted by molar-refractivity contribution is 6.33. The number of halogens is 2. The van der Waals surface area contributed by atoms with Gasteiger partial charge in [0.25, 0.3) is 5.91 Å². The van der Waals surface area contributed by atoms with Crippen LogP contribution in [-0.4, -0.2) is 25.2 Å². The third-order valence-corrected chi connectivity index (χ3v) is 5.78. The topological polar surface area (TPSA) is 64.7 Å². The summed E-state index contributed by atoms with van der Waals surface area (Å²) in [6.45, 7) is 5.27. The van der Waals surface area contributed by atoms with E-state index >= 15 is 0 Å². The van der Waals surface area contributed by atoms with Crippen molar-refractivity contribution in [3.05, 3.63) is 81.4 Å². The van der Waals surface area contributed by atoms with Crippen LogP contribution in [0.3, 0.4) is 0 Å². The molecule has 0 unspecified atom stereocenters. The molecule has 2 aromatic heterocycles. The number of para-hydroxylation sites is 2. The Balaban J connectivity index is 1.54. The standard InChI is InChI=1S/C22H21Cl2N5O/c1-3-28-18-11-7-6-10-17(18)26-19(28)12-25-22(30)20-14(2)27-29(21(20)24)13-15-8-4-5-9-16(15)23/h4-11H,3,12-13H2,1-2H3,(H,25,30). The van der Waals surface area contributed by atoms with Gasteiger partial charge in [0.2, 0.25) is 0 Å². The molecule has 8 heteroatoms. The second kappa shape index (κ2) is 8.50. The molecular formula is C22H21Cl2N5O. The molecule has 0 spiro atoms. The van der Waals surface area contributed by atoms with Crippen LogP contribution in [0.4, 0.5) is 0 Å². The molecule has 4 rings (SSSR count). The van der Waals surface area contributed by atoms with E-state index in [1.165, 1.54) is 0 Å². The van der Waals surface area contributed by atoms with E-state index in [0.717, 1.165) is 29.0 Å². The lowest BCUT2D eigenvalue weighted by Crippen LogP contribution is -2.25. The number of carbonyl (C=O) groups is 1. The van der Waals surface area contributed by atoms with Gasteiger partial charge in [-0.2, -0.15) is 5.10 Å². The van der Waals surface area contributed by atoms with Gasteiger partial charge >= 0.3 is 0 Å². The number of aromatic nitrogens is 4. The predicted octanol–water partition coefficient (Wildman–Crippen LogP) is 4.85. The van der Waals surface area contributed by atoms with Gasteiger partial charge in [0.05, 0.1) is 35.4 Å². The highest BCUT2D eigenvalue weighted by atomic mass is 35.5. The average Bonchev–Trinajstić information content (AvgIpc) is 3.24. The molecule has 2 heterocycles. The fraction of sp³-hybridized carbons (Fsp3) is 0.227. The van der Waals surface area contributed by atoms with Crippen LogP contribution in [0, 0.1) is 6.92 Å². The molecule has 0 saturated carbocycles. The summed E-state index contributed by atoms with van der Waals surface area (Å²) in [7, 11) is 0. The van der Waals surface area contributed by atoms with E-state index in [9.17, 15) is 4.79 Å². The number of amides is 1. The third kappa shape index (κ3) is 3.80. The molecule has 4 aromatic rings. The van der Waals surface area contributed by atoms with Crippen molar-refractivity contribution < 1.29 is 4.79 Å². The predicted molar refractivity (Wildman–Crippen MR) is 119 cm³/mol. The lowest BCUT2D eigenvalue weighted by molar-refractivity contribution is 0.0949. The average molecular weight is 442 g/mol. The van der Waals surface area contributed by atoms with Gasteiger partial charge in [0, 0.05) is 11.6 Å². The molecule has 0 aliphatic heterocycles. The summed E-state index contributed by atoms with van der Waals surface area (Å²) in [5.74, 6) is 0.516. The first-order valence-corrected chi connectivity index (χ1v) is 10.4. The zero-order chi connectivity index (χ0) is 21.3. The van der Waals surface area contributed by atoms with Crippen LogP contribution in [0.25, 0.3) is 11.0 Å². The summed E-state index contributed by atoms with van der Waals surface area (Å²) in [5.41, 5.74) is 3.76. The number of hydrogen-bond donors (Lipinski definition) is 1. The molecule has 0 fully saturated rings. The van der Waals surface area contributed by atoms with Crippen LogP contribution in [0.2, 0.25) is 10.2 Å². The van der Waals surface area contributed by atoms with Crippen molar-refractivity contribution in [1.29, 1.82) is 0 Å². The number of imidazole rings is 1. The zero-order valence-electron chi connectivity index (χ0n) is 16.7. The second-order valence-corrected chi connectivity index (χ2v) is 7.71. The van der Waals surface area contributed by atoms with Crippen LogP contribution < -0.4 is 5.32 Å². The van der Waals surface area contributed by atoms with Crippen molar-refractivity contribution in [2.24, 2.45) is 0 Å². The Bertz CT molecular complexity index is 1230. The molecular weight excluding hydrogens is 421 g/mol. The quantitative estimate of drug-likeness (QED) is 0.465. The van der Waals surface area contributed by atoms with Gasteiger partial charge < -0.3 is 9.88 Å². The summed E-state index contributed by atoms with van der Waals surface area (Å²) in [6.07, 6.45) is 0. The lowest BCUT2D eigenvalue weighted by Gasteiger charge is -2.08. The summed E-state index contributed by atoms with van der Waals surface area (Å²) in [6, 6.07) is 15.4. The number of aryl methyl sites for hydroxylation is 2. The Kier molecular flexibility index (Phi) is 5.79. The van der Waals surface area contributed by atoms with Crippen molar-refractivity contribution in [3.8, 4) is 0 Å². The minimum atomic E-state index is -0.280. The Morgan fingerprint density at radius 1 is 1.10 bits per heavy atom. The normalized spacial score (nSPS) is 11.2. The van der Waals surface area contributed by atoms with Crippen LogP contribution >= 0.6 is 23.2 Å². The lowest BCUT2D eigenvalue weighted by atomic mass is 10.2. The van der Waals surface area contributed by atoms with Gasteiger partial charge in [-0.25, -0.2) is 9.67 Å². The molecule has 0 atom stereocenters. The molecule has 0 bridgehead atoms. The minimum Gasteiger partial charge on any atom is -0.345 e. The molecule has 2 aromatic carbocycles. The molecule has 0 aliphatic rings. The maximum absolute atomic E-state index is 12.9. The smallest absolute Gasteiger partial charge is 0.256 e. The molecule has 1 amide bonds. The highest BCUT2D eigenvalue weighted by Crippen LogP contribution is 2.23. The number of carbonyl (C=O) groups excluding carboxylic acids is 1. The molecule has 1 N–H and O–H groups in total. The SMILES string of the molecule is CCn1c(CNC(=O)c2c(C)nn(Cc3ccccc3Cl)c2Cl)nc2ccccc21. The van der Waals surface area contributed by atoms with E-state index in [4.69, 9.17) is 23.2 Å². The van der Waals surface area contributed by atoms with Crippen LogP contribution in [0.5, 0.6) is 0 Å². The number of nitrogens with one attached hydrogen (secondary N) is 1. The van der Waals surface area contributed by atoms with Crippen LogP contribution in [0.15, 0.2) is 48.5 Å². The fourth-order valence-corrected chi connectivity index (χ4v) is 4.08. The first kappa shape index (κ1) is 20.4. The molecule has 0 radical (unpaired) electrons. The largest absolute Gasteiger partial charge is 0.345 e. The number of fused-ring (bicyclic) bond motifs is 1. The number of hydrogen-bond acceptors (Lipinski definition) is 3. The van der Waals surface area contributed by atoms with E-state index in [1.807, 2.05) is 48.5 Å². The van der Waals surface area contributed by atoms with Gasteiger partial charge in [0.1, 0.15) is 11.0 Å². The van der Waals surface area contributed by atoms with Crippen molar-refractivity contribution in [2.45, 2.75) is 33.5 Å². The van der Waals surface area contributed by atoms with Crippen molar-refractivity contribution in [1.82, 2.24) is 24.6 Å². The van der Waals surface area contributed by atoms with E-state index in [2.05, 4.69) is 26.9 Å². The van der Waals surface area contributed by atoms with Gasteiger partial charge in [-0.15, -0.1) is 0 Å². The van der Waals surface area contributed by atoms with Gasteiger partial charge in [-0.1, -0.05) is 53.5 Å². The van der Waals surface area contributed by atoms with Crippen molar-refractivity contribution in [3.63, 3.8) is 0 Å². The Hall–Kier alpha value is -2.83. The molecule has 6 nitrogen and oxygen atoms in total. The first-order chi connectivity index (χ1) is 14.5. The monoisotopic (exact) mass is 441 g/mol. The van der Waals surface area contributed by atoms with E-state index in [0.29, 0.717) is 29.4 Å². The Labute approximate surface area is 184 Å². The first-order valence-electron chi connectivity index (χ1n) is 9.68. The summed E-state index contributed by atoms with van der Waals surface area (Å²) < 4.78 is 3.68. The maximum Gasteiger partial charge on any atom is 0.256 e. The van der Waals surface area contributed by atoms with Gasteiger partial charge in [0.15, 0.2) is 0 Å². The van der Waals surface area contributed by atoms with Crippen molar-refractivity contribution >= 4 is 40.1 Å². The molecule has 154 valence electrons. The van der Waals surface area contributed by atoms with Gasteiger partial charge in [-0.3, -0.25) is 4.79 Å². The third-order valence-electron chi connectivity index (χ3n) is 5.03. The van der Waals surface area contributed by atoms with E-state index in [1.54, 1.807) is 11.6 Å². The number of rotatable bonds is 6. The summed E-state index contributed by atoms with van der Waals surface area (Å²) in [4.78, 5) is 17.5. The maximum atomic E-state index is 12.9. The molecule has 30 heavy (non-hydrogen) atoms. The van der Waals surface area contributed by atoms with Crippen LogP contribution in [0.1, 0.15) is 34.4 Å². The highest BCUT2D eigenvalue weighted by Gasteiger charge is 2.21. The number of nitrogens with zero attached hydrogens (tertiary/aromatic N) is 4. The summed E-state index contributed by atoms with van der Waals surface area (Å²) >= 11 is 12.7. The number of benzene rings is 2. The molecule has 0 aliphatic carbocycles. The second-order valence-electron chi connectivity index (χ2n) is 6.94. The Morgan fingerprint density at radius 3 is 2.60 bits per heavy atom. The zero-order valence-corrected chi connectivity index (χ0v) is 18.2. The van der Waals surface area contributed by atoms with E-state index < -0.39 is 0 Å².